The van der Waals surface area contributed by atoms with Gasteiger partial charge in [0.05, 0.1) is 5.92 Å². The lowest BCUT2D eigenvalue weighted by atomic mass is 9.90. The maximum absolute atomic E-state index is 12.7. The van der Waals surface area contributed by atoms with E-state index in [0.29, 0.717) is 6.54 Å². The van der Waals surface area contributed by atoms with Crippen molar-refractivity contribution in [3.05, 3.63) is 71.8 Å². The van der Waals surface area contributed by atoms with Crippen LogP contribution in [0.5, 0.6) is 0 Å². The van der Waals surface area contributed by atoms with Crippen molar-refractivity contribution in [1.29, 1.82) is 0 Å². The Morgan fingerprint density at radius 1 is 0.957 bits per heavy atom. The lowest BCUT2D eigenvalue weighted by Crippen LogP contribution is -2.32. The Morgan fingerprint density at radius 3 is 1.87 bits per heavy atom. The predicted octanol–water partition coefficient (Wildman–Crippen LogP) is 3.31. The maximum Gasteiger partial charge on any atom is 0.232 e. The van der Waals surface area contributed by atoms with E-state index in [0.717, 1.165) is 24.1 Å². The molecule has 0 aliphatic carbocycles. The number of carbonyl (C=O) groups excluding carboxylic acids is 1. The van der Waals surface area contributed by atoms with Gasteiger partial charge in [0.15, 0.2) is 0 Å². The Balaban J connectivity index is 0.00000264. The molecule has 0 saturated heterocycles. The summed E-state index contributed by atoms with van der Waals surface area (Å²) in [5, 5.41) is 3.07. The van der Waals surface area contributed by atoms with Crippen LogP contribution in [0.4, 0.5) is 0 Å². The van der Waals surface area contributed by atoms with E-state index in [4.69, 9.17) is 0 Å². The highest BCUT2D eigenvalue weighted by atomic mass is 35.5. The number of halogens is 1. The number of rotatable bonds is 7. The third kappa shape index (κ3) is 6.05. The second-order valence-electron chi connectivity index (χ2n) is 5.70. The minimum Gasteiger partial charge on any atom is -0.355 e. The summed E-state index contributed by atoms with van der Waals surface area (Å²) in [5.74, 6) is -0.182. The van der Waals surface area contributed by atoms with Crippen molar-refractivity contribution in [2.75, 3.05) is 27.2 Å². The van der Waals surface area contributed by atoms with Gasteiger partial charge in [-0.2, -0.15) is 0 Å². The molecule has 0 atom stereocenters. The third-order valence-electron chi connectivity index (χ3n) is 3.61. The summed E-state index contributed by atoms with van der Waals surface area (Å²) in [7, 11) is 4.08. The quantitative estimate of drug-likeness (QED) is 0.789. The molecule has 0 fully saturated rings. The van der Waals surface area contributed by atoms with Gasteiger partial charge in [0.2, 0.25) is 5.91 Å². The van der Waals surface area contributed by atoms with Gasteiger partial charge in [0.1, 0.15) is 0 Å². The maximum atomic E-state index is 12.7. The number of hydrogen-bond acceptors (Lipinski definition) is 2. The Labute approximate surface area is 145 Å². The van der Waals surface area contributed by atoms with Crippen LogP contribution in [0.1, 0.15) is 23.5 Å². The van der Waals surface area contributed by atoms with E-state index in [-0.39, 0.29) is 24.2 Å². The van der Waals surface area contributed by atoms with E-state index >= 15 is 0 Å². The van der Waals surface area contributed by atoms with E-state index < -0.39 is 0 Å². The summed E-state index contributed by atoms with van der Waals surface area (Å²) >= 11 is 0. The van der Waals surface area contributed by atoms with E-state index in [9.17, 15) is 4.79 Å². The number of hydrogen-bond donors (Lipinski definition) is 1. The molecule has 124 valence electrons. The second-order valence-corrected chi connectivity index (χ2v) is 5.70. The molecule has 23 heavy (non-hydrogen) atoms. The van der Waals surface area contributed by atoms with Crippen LogP contribution >= 0.6 is 12.4 Å². The van der Waals surface area contributed by atoms with E-state index in [1.165, 1.54) is 0 Å². The minimum atomic E-state index is -0.248. The fourth-order valence-corrected chi connectivity index (χ4v) is 2.50. The second kappa shape index (κ2) is 10.0. The number of benzene rings is 2. The highest BCUT2D eigenvalue weighted by molar-refractivity contribution is 5.87. The summed E-state index contributed by atoms with van der Waals surface area (Å²) in [6, 6.07) is 19.9. The lowest BCUT2D eigenvalue weighted by molar-refractivity contribution is -0.121. The van der Waals surface area contributed by atoms with Gasteiger partial charge in [-0.05, 0) is 38.2 Å². The van der Waals surface area contributed by atoms with Crippen molar-refractivity contribution in [2.45, 2.75) is 12.3 Å². The minimum absolute atomic E-state index is 0. The molecule has 1 amide bonds. The van der Waals surface area contributed by atoms with Gasteiger partial charge in [-0.25, -0.2) is 0 Å². The Hall–Kier alpha value is -1.84. The smallest absolute Gasteiger partial charge is 0.232 e. The zero-order chi connectivity index (χ0) is 15.8. The van der Waals surface area contributed by atoms with E-state index in [1.54, 1.807) is 0 Å². The summed E-state index contributed by atoms with van der Waals surface area (Å²) < 4.78 is 0. The van der Waals surface area contributed by atoms with Gasteiger partial charge in [-0.1, -0.05) is 60.7 Å². The molecule has 0 aliphatic rings. The van der Waals surface area contributed by atoms with Crippen LogP contribution in [0, 0.1) is 0 Å². The standard InChI is InChI=1S/C19H24N2O.ClH/c1-21(2)15-9-14-20-19(22)18(16-10-5-3-6-11-16)17-12-7-4-8-13-17;/h3-8,10-13,18H,9,14-15H2,1-2H3,(H,20,22);1H. The summed E-state index contributed by atoms with van der Waals surface area (Å²) in [6.07, 6.45) is 0.953. The van der Waals surface area contributed by atoms with Crippen LogP contribution in [0.3, 0.4) is 0 Å². The molecule has 0 saturated carbocycles. The number of amides is 1. The van der Waals surface area contributed by atoms with Crippen LogP contribution in [0.2, 0.25) is 0 Å². The van der Waals surface area contributed by atoms with Crippen LogP contribution in [0.15, 0.2) is 60.7 Å². The highest BCUT2D eigenvalue weighted by Crippen LogP contribution is 2.24. The van der Waals surface area contributed by atoms with Crippen molar-refractivity contribution in [2.24, 2.45) is 0 Å². The first-order chi connectivity index (χ1) is 10.7. The van der Waals surface area contributed by atoms with Crippen LogP contribution in [0.25, 0.3) is 0 Å². The van der Waals surface area contributed by atoms with Gasteiger partial charge >= 0.3 is 0 Å². The molecule has 0 aliphatic heterocycles. The van der Waals surface area contributed by atoms with Crippen LogP contribution in [-0.2, 0) is 4.79 Å². The summed E-state index contributed by atoms with van der Waals surface area (Å²) in [6.45, 7) is 1.68. The zero-order valence-electron chi connectivity index (χ0n) is 13.7. The Kier molecular flexibility index (Phi) is 8.38. The van der Waals surface area contributed by atoms with Gasteiger partial charge in [-0.15, -0.1) is 12.4 Å². The van der Waals surface area contributed by atoms with Crippen LogP contribution in [-0.4, -0.2) is 38.0 Å². The molecule has 0 bridgehead atoms. The molecule has 0 spiro atoms. The summed E-state index contributed by atoms with van der Waals surface area (Å²) in [4.78, 5) is 14.8. The predicted molar refractivity (Wildman–Crippen MR) is 98.2 cm³/mol. The fourth-order valence-electron chi connectivity index (χ4n) is 2.50. The van der Waals surface area contributed by atoms with Crippen molar-refractivity contribution in [1.82, 2.24) is 10.2 Å². The fraction of sp³-hybridized carbons (Fsp3) is 0.316. The van der Waals surface area contributed by atoms with Gasteiger partial charge in [0, 0.05) is 6.54 Å². The number of carbonyl (C=O) groups is 1. The molecule has 0 heterocycles. The summed E-state index contributed by atoms with van der Waals surface area (Å²) in [5.41, 5.74) is 2.05. The SMILES string of the molecule is CN(C)CCCNC(=O)C(c1ccccc1)c1ccccc1.Cl. The molecule has 0 unspecified atom stereocenters. The zero-order valence-corrected chi connectivity index (χ0v) is 14.6. The first kappa shape index (κ1) is 19.2. The average molecular weight is 333 g/mol. The molecule has 2 aromatic carbocycles. The Morgan fingerprint density at radius 2 is 1.43 bits per heavy atom. The van der Waals surface area contributed by atoms with Gasteiger partial charge in [0.25, 0.3) is 0 Å². The molecule has 2 rings (SSSR count). The molecular formula is C19H25ClN2O. The van der Waals surface area contributed by atoms with Crippen molar-refractivity contribution in [3.63, 3.8) is 0 Å². The van der Waals surface area contributed by atoms with Crippen molar-refractivity contribution < 1.29 is 4.79 Å². The topological polar surface area (TPSA) is 32.3 Å². The monoisotopic (exact) mass is 332 g/mol. The molecule has 0 aromatic heterocycles. The molecular weight excluding hydrogens is 308 g/mol. The van der Waals surface area contributed by atoms with E-state index in [1.807, 2.05) is 74.8 Å². The largest absolute Gasteiger partial charge is 0.355 e. The lowest BCUT2D eigenvalue weighted by Gasteiger charge is -2.18. The van der Waals surface area contributed by atoms with E-state index in [2.05, 4.69) is 10.2 Å². The van der Waals surface area contributed by atoms with Gasteiger partial charge in [-0.3, -0.25) is 4.79 Å². The third-order valence-corrected chi connectivity index (χ3v) is 3.61. The first-order valence-corrected chi connectivity index (χ1v) is 7.71. The average Bonchev–Trinajstić information content (AvgIpc) is 2.54. The van der Waals surface area contributed by atoms with Crippen LogP contribution < -0.4 is 5.32 Å². The highest BCUT2D eigenvalue weighted by Gasteiger charge is 2.21. The van der Waals surface area contributed by atoms with Crippen molar-refractivity contribution in [3.8, 4) is 0 Å². The Bertz CT molecular complexity index is 533. The van der Waals surface area contributed by atoms with Crippen molar-refractivity contribution >= 4 is 18.3 Å². The van der Waals surface area contributed by atoms with Gasteiger partial charge < -0.3 is 10.2 Å². The number of nitrogens with one attached hydrogen (secondary N) is 1. The molecule has 0 radical (unpaired) electrons. The molecule has 4 heteroatoms. The normalized spacial score (nSPS) is 10.4. The number of nitrogens with zero attached hydrogens (tertiary/aromatic N) is 1. The molecule has 3 nitrogen and oxygen atoms in total. The molecule has 2 aromatic rings. The first-order valence-electron chi connectivity index (χ1n) is 7.71. The molecule has 1 N–H and O–H groups in total.